The number of benzene rings is 2. The van der Waals surface area contributed by atoms with Gasteiger partial charge in [-0.2, -0.15) is 0 Å². The fourth-order valence-corrected chi connectivity index (χ4v) is 2.79. The van der Waals surface area contributed by atoms with Crippen LogP contribution in [0.4, 0.5) is 0 Å². The Bertz CT molecular complexity index is 911. The van der Waals surface area contributed by atoms with Gasteiger partial charge in [-0.1, -0.05) is 39.1 Å². The molecule has 0 aliphatic heterocycles. The maximum absolute atomic E-state index is 12.1. The van der Waals surface area contributed by atoms with E-state index >= 15 is 0 Å². The molecule has 0 spiro atoms. The molecule has 2 nitrogen and oxygen atoms in total. The van der Waals surface area contributed by atoms with E-state index in [0.29, 0.717) is 32.7 Å². The lowest BCUT2D eigenvalue weighted by Gasteiger charge is -2.01. The lowest BCUT2D eigenvalue weighted by molar-refractivity contribution is 0.104. The van der Waals surface area contributed by atoms with E-state index in [9.17, 15) is 4.79 Å². The van der Waals surface area contributed by atoms with Crippen LogP contribution in [-0.2, 0) is 0 Å². The van der Waals surface area contributed by atoms with Crippen LogP contribution >= 0.6 is 39.1 Å². The molecule has 3 rings (SSSR count). The largest absolute Gasteiger partial charge is 0.457 e. The Kier molecular flexibility index (Phi) is 5.24. The van der Waals surface area contributed by atoms with Crippen molar-refractivity contribution in [3.05, 3.63) is 86.5 Å². The number of furan rings is 1. The molecule has 2 aromatic carbocycles. The van der Waals surface area contributed by atoms with E-state index in [1.807, 2.05) is 12.1 Å². The molecule has 3 aromatic rings. The predicted molar refractivity (Wildman–Crippen MR) is 102 cm³/mol. The molecule has 0 aliphatic rings. The Morgan fingerprint density at radius 2 is 1.75 bits per heavy atom. The molecule has 1 aromatic heterocycles. The number of rotatable bonds is 4. The molecule has 0 N–H and O–H groups in total. The van der Waals surface area contributed by atoms with Gasteiger partial charge in [0.05, 0.1) is 5.02 Å². The number of carbonyl (C=O) groups excluding carboxylic acids is 1. The van der Waals surface area contributed by atoms with Crippen LogP contribution in [0.2, 0.25) is 10.0 Å². The lowest BCUT2D eigenvalue weighted by Crippen LogP contribution is -1.92. The van der Waals surface area contributed by atoms with Gasteiger partial charge in [-0.15, -0.1) is 0 Å². The molecule has 0 atom stereocenters. The van der Waals surface area contributed by atoms with Crippen LogP contribution in [0.25, 0.3) is 17.4 Å². The molecule has 0 radical (unpaired) electrons. The van der Waals surface area contributed by atoms with Crippen molar-refractivity contribution in [1.29, 1.82) is 0 Å². The summed E-state index contributed by atoms with van der Waals surface area (Å²) >= 11 is 15.5. The first-order chi connectivity index (χ1) is 11.5. The summed E-state index contributed by atoms with van der Waals surface area (Å²) in [6, 6.07) is 15.9. The summed E-state index contributed by atoms with van der Waals surface area (Å²) in [5, 5.41) is 1.13. The van der Waals surface area contributed by atoms with Crippen LogP contribution in [0.5, 0.6) is 0 Å². The minimum absolute atomic E-state index is 0.0961. The van der Waals surface area contributed by atoms with Gasteiger partial charge in [0.15, 0.2) is 5.78 Å². The minimum atomic E-state index is -0.0961. The minimum Gasteiger partial charge on any atom is -0.457 e. The average molecular weight is 422 g/mol. The highest BCUT2D eigenvalue weighted by molar-refractivity contribution is 9.10. The van der Waals surface area contributed by atoms with Gasteiger partial charge < -0.3 is 4.42 Å². The fraction of sp³-hybridized carbons (Fsp3) is 0. The molecule has 0 bridgehead atoms. The number of ketones is 1. The lowest BCUT2D eigenvalue weighted by atomic mass is 10.1. The van der Waals surface area contributed by atoms with Crippen LogP contribution in [0.3, 0.4) is 0 Å². The van der Waals surface area contributed by atoms with Crippen LogP contribution in [0, 0.1) is 0 Å². The van der Waals surface area contributed by atoms with Gasteiger partial charge in [0.2, 0.25) is 0 Å². The van der Waals surface area contributed by atoms with Crippen molar-refractivity contribution < 1.29 is 9.21 Å². The van der Waals surface area contributed by atoms with Gasteiger partial charge >= 0.3 is 0 Å². The van der Waals surface area contributed by atoms with E-state index in [0.717, 1.165) is 4.47 Å². The van der Waals surface area contributed by atoms with Gasteiger partial charge in [-0.25, -0.2) is 0 Å². The zero-order valence-electron chi connectivity index (χ0n) is 12.3. The number of hydrogen-bond donors (Lipinski definition) is 0. The Hall–Kier alpha value is -1.81. The Balaban J connectivity index is 1.79. The molecular formula is C19H11BrCl2O2. The van der Waals surface area contributed by atoms with E-state index in [2.05, 4.69) is 15.9 Å². The predicted octanol–water partition coefficient (Wildman–Crippen LogP) is 6.91. The fourth-order valence-electron chi connectivity index (χ4n) is 2.14. The van der Waals surface area contributed by atoms with E-state index in [1.54, 1.807) is 48.5 Å². The third kappa shape index (κ3) is 3.99. The topological polar surface area (TPSA) is 30.2 Å². The average Bonchev–Trinajstić information content (AvgIpc) is 3.04. The van der Waals surface area contributed by atoms with E-state index in [4.69, 9.17) is 27.6 Å². The number of hydrogen-bond acceptors (Lipinski definition) is 2. The van der Waals surface area contributed by atoms with Crippen molar-refractivity contribution in [2.75, 3.05) is 0 Å². The first kappa shape index (κ1) is 17.0. The zero-order valence-corrected chi connectivity index (χ0v) is 15.4. The smallest absolute Gasteiger partial charge is 0.185 e. The molecule has 0 unspecified atom stereocenters. The summed E-state index contributed by atoms with van der Waals surface area (Å²) in [6.07, 6.45) is 3.11. The zero-order chi connectivity index (χ0) is 17.1. The number of halogens is 3. The highest BCUT2D eigenvalue weighted by atomic mass is 79.9. The highest BCUT2D eigenvalue weighted by Gasteiger charge is 2.09. The number of allylic oxidation sites excluding steroid dienone is 1. The summed E-state index contributed by atoms with van der Waals surface area (Å²) in [7, 11) is 0. The van der Waals surface area contributed by atoms with Crippen molar-refractivity contribution in [3.8, 4) is 11.3 Å². The molecule has 0 fully saturated rings. The summed E-state index contributed by atoms with van der Waals surface area (Å²) in [6.45, 7) is 0. The monoisotopic (exact) mass is 420 g/mol. The van der Waals surface area contributed by atoms with Crippen LogP contribution < -0.4 is 0 Å². The quantitative estimate of drug-likeness (QED) is 0.338. The van der Waals surface area contributed by atoms with Crippen molar-refractivity contribution in [2.24, 2.45) is 0 Å². The van der Waals surface area contributed by atoms with Crippen molar-refractivity contribution in [1.82, 2.24) is 0 Å². The standard InChI is InChI=1S/C19H11BrCl2O2/c20-13-3-1-12(2-4-13)18(23)9-6-15-7-10-19(24-15)16-11-14(21)5-8-17(16)22/h1-11H. The molecule has 1 heterocycles. The SMILES string of the molecule is O=C(C=Cc1ccc(-c2cc(Cl)ccc2Cl)o1)c1ccc(Br)cc1. The van der Waals surface area contributed by atoms with Crippen LogP contribution in [0.1, 0.15) is 16.1 Å². The second-order valence-electron chi connectivity index (χ2n) is 5.03. The first-order valence-corrected chi connectivity index (χ1v) is 8.61. The van der Waals surface area contributed by atoms with Crippen molar-refractivity contribution >= 4 is 51.0 Å². The number of carbonyl (C=O) groups is 1. The summed E-state index contributed by atoms with van der Waals surface area (Å²) in [5.74, 6) is 1.06. The maximum atomic E-state index is 12.1. The van der Waals surface area contributed by atoms with Crippen molar-refractivity contribution in [3.63, 3.8) is 0 Å². The molecule has 5 heteroatoms. The Labute approximate surface area is 157 Å². The normalized spacial score (nSPS) is 11.1. The van der Waals surface area contributed by atoms with Gasteiger partial charge in [0.25, 0.3) is 0 Å². The van der Waals surface area contributed by atoms with Crippen molar-refractivity contribution in [2.45, 2.75) is 0 Å². The van der Waals surface area contributed by atoms with E-state index in [-0.39, 0.29) is 5.78 Å². The van der Waals surface area contributed by atoms with E-state index in [1.165, 1.54) is 6.08 Å². The van der Waals surface area contributed by atoms with Gasteiger partial charge in [-0.3, -0.25) is 4.79 Å². The first-order valence-electron chi connectivity index (χ1n) is 7.06. The summed E-state index contributed by atoms with van der Waals surface area (Å²) < 4.78 is 6.65. The maximum Gasteiger partial charge on any atom is 0.185 e. The molecule has 0 amide bonds. The molecule has 0 saturated heterocycles. The van der Waals surface area contributed by atoms with Gasteiger partial charge in [0, 0.05) is 20.6 Å². The van der Waals surface area contributed by atoms with Crippen LogP contribution in [-0.4, -0.2) is 5.78 Å². The van der Waals surface area contributed by atoms with E-state index < -0.39 is 0 Å². The van der Waals surface area contributed by atoms with Gasteiger partial charge in [-0.05, 0) is 66.7 Å². The summed E-state index contributed by atoms with van der Waals surface area (Å²) in [5.41, 5.74) is 1.32. The highest BCUT2D eigenvalue weighted by Crippen LogP contribution is 2.32. The molecule has 24 heavy (non-hydrogen) atoms. The molecule has 0 saturated carbocycles. The third-order valence-electron chi connectivity index (χ3n) is 3.35. The molecular weight excluding hydrogens is 411 g/mol. The molecule has 120 valence electrons. The van der Waals surface area contributed by atoms with Crippen LogP contribution in [0.15, 0.2) is 69.6 Å². The second-order valence-corrected chi connectivity index (χ2v) is 6.79. The van der Waals surface area contributed by atoms with Gasteiger partial charge in [0.1, 0.15) is 11.5 Å². The summed E-state index contributed by atoms with van der Waals surface area (Å²) in [4.78, 5) is 12.1. The third-order valence-corrected chi connectivity index (χ3v) is 4.44. The second kappa shape index (κ2) is 7.39. The Morgan fingerprint density at radius 3 is 2.50 bits per heavy atom. The Morgan fingerprint density at radius 1 is 1.00 bits per heavy atom. The molecule has 0 aliphatic carbocycles.